The predicted octanol–water partition coefficient (Wildman–Crippen LogP) is 3.52. The lowest BCUT2D eigenvalue weighted by Gasteiger charge is -2.13. The Morgan fingerprint density at radius 3 is 2.63 bits per heavy atom. The van der Waals surface area contributed by atoms with Crippen LogP contribution in [0.25, 0.3) is 11.3 Å². The Labute approximate surface area is 121 Å². The first-order chi connectivity index (χ1) is 9.04. The molecule has 0 aliphatic rings. The molecule has 0 unspecified atom stereocenters. The van der Waals surface area contributed by atoms with Crippen molar-refractivity contribution in [3.63, 3.8) is 0 Å². The van der Waals surface area contributed by atoms with Crippen LogP contribution in [-0.2, 0) is 7.05 Å². The molecule has 4 heteroatoms. The zero-order valence-electron chi connectivity index (χ0n) is 11.2. The van der Waals surface area contributed by atoms with Crippen molar-refractivity contribution >= 4 is 15.9 Å². The second-order valence-corrected chi connectivity index (χ2v) is 5.19. The van der Waals surface area contributed by atoms with Gasteiger partial charge in [-0.3, -0.25) is 4.79 Å². The topological polar surface area (TPSA) is 31.2 Å². The van der Waals surface area contributed by atoms with Crippen LogP contribution in [0.15, 0.2) is 39.6 Å². The number of hydrogen-bond acceptors (Lipinski definition) is 2. The average Bonchev–Trinajstić information content (AvgIpc) is 2.38. The molecule has 0 saturated carbocycles. The van der Waals surface area contributed by atoms with E-state index in [0.29, 0.717) is 11.1 Å². The van der Waals surface area contributed by atoms with E-state index in [2.05, 4.69) is 15.9 Å². The quantitative estimate of drug-likeness (QED) is 0.866. The van der Waals surface area contributed by atoms with E-state index in [1.54, 1.807) is 17.7 Å². The van der Waals surface area contributed by atoms with Crippen molar-refractivity contribution in [2.45, 2.75) is 13.8 Å². The molecule has 0 aliphatic heterocycles. The van der Waals surface area contributed by atoms with E-state index in [4.69, 9.17) is 4.74 Å². The third-order valence-electron chi connectivity index (χ3n) is 3.04. The normalized spacial score (nSPS) is 10.5. The molecule has 0 spiro atoms. The lowest BCUT2D eigenvalue weighted by Crippen LogP contribution is -2.18. The Morgan fingerprint density at radius 2 is 2.00 bits per heavy atom. The summed E-state index contributed by atoms with van der Waals surface area (Å²) in [6.45, 7) is 4.63. The van der Waals surface area contributed by atoms with Gasteiger partial charge in [-0.05, 0) is 65.7 Å². The second kappa shape index (κ2) is 5.61. The number of benzene rings is 1. The fourth-order valence-electron chi connectivity index (χ4n) is 2.06. The summed E-state index contributed by atoms with van der Waals surface area (Å²) in [5.41, 5.74) is 2.98. The van der Waals surface area contributed by atoms with Gasteiger partial charge in [-0.2, -0.15) is 0 Å². The van der Waals surface area contributed by atoms with E-state index in [1.165, 1.54) is 0 Å². The van der Waals surface area contributed by atoms with Gasteiger partial charge in [-0.1, -0.05) is 0 Å². The number of nitrogens with zero attached hydrogens (tertiary/aromatic N) is 1. The van der Waals surface area contributed by atoms with E-state index in [1.807, 2.05) is 38.1 Å². The highest BCUT2D eigenvalue weighted by Crippen LogP contribution is 2.26. The summed E-state index contributed by atoms with van der Waals surface area (Å²) in [7, 11) is 1.78. The average molecular weight is 322 g/mol. The summed E-state index contributed by atoms with van der Waals surface area (Å²) in [5, 5.41) is 0. The summed E-state index contributed by atoms with van der Waals surface area (Å²) >= 11 is 3.25. The Balaban J connectivity index is 2.54. The van der Waals surface area contributed by atoms with Crippen molar-refractivity contribution in [3.8, 4) is 17.0 Å². The van der Waals surface area contributed by atoms with Gasteiger partial charge in [0.05, 0.1) is 16.8 Å². The lowest BCUT2D eigenvalue weighted by molar-refractivity contribution is 0.340. The largest absolute Gasteiger partial charge is 0.494 e. The van der Waals surface area contributed by atoms with Gasteiger partial charge < -0.3 is 9.30 Å². The number of halogens is 1. The van der Waals surface area contributed by atoms with Crippen LogP contribution in [0.1, 0.15) is 12.5 Å². The van der Waals surface area contributed by atoms with Crippen molar-refractivity contribution in [3.05, 3.63) is 50.7 Å². The van der Waals surface area contributed by atoms with Crippen molar-refractivity contribution < 1.29 is 4.74 Å². The highest BCUT2D eigenvalue weighted by molar-refractivity contribution is 9.10. The molecule has 0 atom stereocenters. The van der Waals surface area contributed by atoms with Crippen LogP contribution < -0.4 is 10.3 Å². The van der Waals surface area contributed by atoms with Crippen molar-refractivity contribution in [2.75, 3.05) is 6.61 Å². The van der Waals surface area contributed by atoms with Crippen LogP contribution in [0.3, 0.4) is 0 Å². The van der Waals surface area contributed by atoms with E-state index < -0.39 is 0 Å². The number of rotatable bonds is 3. The van der Waals surface area contributed by atoms with Crippen LogP contribution in [-0.4, -0.2) is 11.2 Å². The summed E-state index contributed by atoms with van der Waals surface area (Å²) in [6, 6.07) is 9.63. The second-order valence-electron chi connectivity index (χ2n) is 4.34. The minimum Gasteiger partial charge on any atom is -0.494 e. The first-order valence-corrected chi connectivity index (χ1v) is 6.93. The smallest absolute Gasteiger partial charge is 0.265 e. The van der Waals surface area contributed by atoms with Gasteiger partial charge in [-0.15, -0.1) is 0 Å². The van der Waals surface area contributed by atoms with Gasteiger partial charge in [0.15, 0.2) is 0 Å². The molecule has 3 nitrogen and oxygen atoms in total. The molecule has 0 amide bonds. The Bertz CT molecular complexity index is 662. The molecule has 1 aromatic carbocycles. The molecule has 0 aliphatic carbocycles. The number of ether oxygens (including phenoxy) is 1. The molecule has 2 aromatic rings. The molecule has 0 fully saturated rings. The van der Waals surface area contributed by atoms with Crippen molar-refractivity contribution in [1.29, 1.82) is 0 Å². The molecule has 1 heterocycles. The Morgan fingerprint density at radius 1 is 1.26 bits per heavy atom. The van der Waals surface area contributed by atoms with Crippen LogP contribution in [0, 0.1) is 6.92 Å². The summed E-state index contributed by atoms with van der Waals surface area (Å²) in [4.78, 5) is 11.9. The molecule has 0 bridgehead atoms. The van der Waals surface area contributed by atoms with E-state index in [9.17, 15) is 4.79 Å². The van der Waals surface area contributed by atoms with Crippen LogP contribution in [0.2, 0.25) is 0 Å². The van der Waals surface area contributed by atoms with Gasteiger partial charge in [0.25, 0.3) is 5.56 Å². The molecule has 100 valence electrons. The monoisotopic (exact) mass is 321 g/mol. The van der Waals surface area contributed by atoms with Crippen molar-refractivity contribution in [1.82, 2.24) is 4.57 Å². The van der Waals surface area contributed by atoms with E-state index in [-0.39, 0.29) is 5.56 Å². The van der Waals surface area contributed by atoms with Gasteiger partial charge in [0.1, 0.15) is 5.75 Å². The van der Waals surface area contributed by atoms with Crippen molar-refractivity contribution in [2.24, 2.45) is 7.05 Å². The third kappa shape index (κ3) is 2.73. The Kier molecular flexibility index (Phi) is 4.10. The van der Waals surface area contributed by atoms with Gasteiger partial charge in [0.2, 0.25) is 0 Å². The maximum absolute atomic E-state index is 11.9. The van der Waals surface area contributed by atoms with Crippen LogP contribution in [0.5, 0.6) is 5.75 Å². The molecule has 2 rings (SSSR count). The van der Waals surface area contributed by atoms with E-state index >= 15 is 0 Å². The molecule has 19 heavy (non-hydrogen) atoms. The highest BCUT2D eigenvalue weighted by Gasteiger charge is 2.09. The fraction of sp³-hybridized carbons (Fsp3) is 0.267. The van der Waals surface area contributed by atoms with Crippen LogP contribution in [0.4, 0.5) is 0 Å². The molecule has 0 N–H and O–H groups in total. The maximum atomic E-state index is 11.9. The molecule has 1 aromatic heterocycles. The molecule has 0 saturated heterocycles. The number of hydrogen-bond donors (Lipinski definition) is 0. The van der Waals surface area contributed by atoms with Crippen LogP contribution >= 0.6 is 15.9 Å². The van der Waals surface area contributed by atoms with E-state index in [0.717, 1.165) is 22.6 Å². The number of aromatic nitrogens is 1. The van der Waals surface area contributed by atoms with Gasteiger partial charge in [0, 0.05) is 12.6 Å². The maximum Gasteiger partial charge on any atom is 0.265 e. The summed E-state index contributed by atoms with van der Waals surface area (Å²) < 4.78 is 7.69. The minimum absolute atomic E-state index is 0.0363. The SMILES string of the molecule is CCOc1ccc(-c2ccc(Br)c(=O)n2C)c(C)c1. The highest BCUT2D eigenvalue weighted by atomic mass is 79.9. The zero-order valence-corrected chi connectivity index (χ0v) is 12.8. The third-order valence-corrected chi connectivity index (χ3v) is 3.65. The fourth-order valence-corrected chi connectivity index (χ4v) is 2.45. The standard InChI is InChI=1S/C15H16BrNO2/c1-4-19-11-5-6-12(10(2)9-11)14-8-7-13(16)15(18)17(14)3/h5-9H,4H2,1-3H3. The first kappa shape index (κ1) is 13.9. The molecule has 0 radical (unpaired) electrons. The lowest BCUT2D eigenvalue weighted by atomic mass is 10.0. The van der Waals surface area contributed by atoms with Gasteiger partial charge in [-0.25, -0.2) is 0 Å². The first-order valence-electron chi connectivity index (χ1n) is 6.14. The summed E-state index contributed by atoms with van der Waals surface area (Å²) in [6.07, 6.45) is 0. The number of aryl methyl sites for hydroxylation is 1. The van der Waals surface area contributed by atoms with Gasteiger partial charge >= 0.3 is 0 Å². The molecular weight excluding hydrogens is 306 g/mol. The number of pyridine rings is 1. The molecular formula is C15H16BrNO2. The minimum atomic E-state index is -0.0363. The summed E-state index contributed by atoms with van der Waals surface area (Å²) in [5.74, 6) is 0.853. The predicted molar refractivity (Wildman–Crippen MR) is 80.7 cm³/mol. The zero-order chi connectivity index (χ0) is 14.0. The Hall–Kier alpha value is -1.55.